The minimum Gasteiger partial charge on any atom is -0.469 e. The fourth-order valence-electron chi connectivity index (χ4n) is 9.46. The Bertz CT molecular complexity index is 1220. The number of carbonyl (C=O) groups excluding carboxylic acids is 2. The van der Waals surface area contributed by atoms with E-state index in [9.17, 15) is 9.59 Å². The van der Waals surface area contributed by atoms with Crippen LogP contribution in [0.3, 0.4) is 0 Å². The summed E-state index contributed by atoms with van der Waals surface area (Å²) in [4.78, 5) is 25.9. The van der Waals surface area contributed by atoms with Gasteiger partial charge in [0.05, 0.1) is 13.0 Å². The van der Waals surface area contributed by atoms with E-state index in [1.165, 1.54) is 7.11 Å². The molecule has 1 N–H and O–H groups in total. The van der Waals surface area contributed by atoms with Gasteiger partial charge in [-0.1, -0.05) is 74.5 Å². The smallest absolute Gasteiger partial charge is 0.310 e. The van der Waals surface area contributed by atoms with Gasteiger partial charge in [-0.15, -0.1) is 0 Å². The largest absolute Gasteiger partial charge is 0.469 e. The third-order valence-electron chi connectivity index (χ3n) is 11.3. The molecule has 0 spiro atoms. The molecule has 0 radical (unpaired) electrons. The molecule has 0 aromatic heterocycles. The van der Waals surface area contributed by atoms with Crippen molar-refractivity contribution < 1.29 is 18.9 Å². The molecule has 6 rings (SSSR count). The van der Waals surface area contributed by atoms with E-state index in [1.54, 1.807) is 0 Å². The van der Waals surface area contributed by atoms with Crippen LogP contribution >= 0.6 is 7.14 Å². The van der Waals surface area contributed by atoms with Crippen LogP contribution in [0.25, 0.3) is 0 Å². The van der Waals surface area contributed by atoms with E-state index in [1.807, 2.05) is 60.7 Å². The number of nitrogens with one attached hydrogen (secondary N) is 1. The van der Waals surface area contributed by atoms with Gasteiger partial charge in [0, 0.05) is 28.7 Å². The minimum absolute atomic E-state index is 0.0829. The first kappa shape index (κ1) is 25.9. The highest BCUT2D eigenvalue weighted by atomic mass is 31.2. The van der Waals surface area contributed by atoms with Crippen molar-refractivity contribution in [3.05, 3.63) is 60.7 Å². The molecule has 2 aromatic carbocycles. The summed E-state index contributed by atoms with van der Waals surface area (Å²) >= 11 is 0. The molecule has 5 nitrogen and oxygen atoms in total. The summed E-state index contributed by atoms with van der Waals surface area (Å²) in [5.41, 5.74) is -0.483. The molecule has 6 heteroatoms. The second-order valence-electron chi connectivity index (χ2n) is 12.8. The summed E-state index contributed by atoms with van der Waals surface area (Å²) in [5, 5.41) is 4.97. The summed E-state index contributed by atoms with van der Waals surface area (Å²) in [6.07, 6.45) is 6.31. The fraction of sp³-hybridized carbons (Fsp3) is 0.562. The van der Waals surface area contributed by atoms with Crippen molar-refractivity contribution in [2.24, 2.45) is 34.5 Å². The van der Waals surface area contributed by atoms with Crippen LogP contribution in [0.5, 0.6) is 0 Å². The predicted molar refractivity (Wildman–Crippen MR) is 150 cm³/mol. The van der Waals surface area contributed by atoms with Crippen LogP contribution in [-0.2, 0) is 18.9 Å². The molecular formula is C32H40NO4P. The summed E-state index contributed by atoms with van der Waals surface area (Å²) in [6, 6.07) is 19.9. The molecule has 1 heterocycles. The molecule has 202 valence electrons. The van der Waals surface area contributed by atoms with Crippen LogP contribution in [-0.4, -0.2) is 30.7 Å². The second kappa shape index (κ2) is 9.37. The van der Waals surface area contributed by atoms with Crippen molar-refractivity contribution in [2.75, 3.05) is 7.11 Å². The second-order valence-corrected chi connectivity index (χ2v) is 15.8. The van der Waals surface area contributed by atoms with Crippen LogP contribution in [0.2, 0.25) is 0 Å². The van der Waals surface area contributed by atoms with E-state index in [4.69, 9.17) is 4.74 Å². The topological polar surface area (TPSA) is 72.5 Å². The first-order chi connectivity index (χ1) is 18.2. The molecule has 2 aromatic rings. The van der Waals surface area contributed by atoms with Crippen LogP contribution in [0.4, 0.5) is 0 Å². The molecular weight excluding hydrogens is 493 g/mol. The average molecular weight is 534 g/mol. The Morgan fingerprint density at radius 2 is 1.53 bits per heavy atom. The first-order valence-electron chi connectivity index (χ1n) is 14.3. The highest BCUT2D eigenvalue weighted by Gasteiger charge is 2.67. The summed E-state index contributed by atoms with van der Waals surface area (Å²) in [5.74, 6) is 0.819. The lowest BCUT2D eigenvalue weighted by Gasteiger charge is -2.60. The number of carbonyl (C=O) groups is 2. The Kier molecular flexibility index (Phi) is 6.37. The third kappa shape index (κ3) is 3.68. The first-order valence-corrected chi connectivity index (χ1v) is 16.1. The molecule has 0 bridgehead atoms. The van der Waals surface area contributed by atoms with Crippen LogP contribution in [0.1, 0.15) is 58.8 Å². The lowest BCUT2D eigenvalue weighted by atomic mass is 9.47. The molecule has 8 atom stereocenters. The molecule has 1 amide bonds. The van der Waals surface area contributed by atoms with E-state index in [0.29, 0.717) is 24.2 Å². The summed E-state index contributed by atoms with van der Waals surface area (Å²) < 4.78 is 21.1. The monoisotopic (exact) mass is 533 g/mol. The van der Waals surface area contributed by atoms with E-state index in [-0.39, 0.29) is 34.4 Å². The number of rotatable bonds is 4. The molecule has 3 saturated carbocycles. The van der Waals surface area contributed by atoms with Gasteiger partial charge in [-0.2, -0.15) is 0 Å². The van der Waals surface area contributed by atoms with Crippen molar-refractivity contribution in [3.63, 3.8) is 0 Å². The van der Waals surface area contributed by atoms with E-state index in [2.05, 4.69) is 19.2 Å². The molecule has 1 saturated heterocycles. The van der Waals surface area contributed by atoms with E-state index in [0.717, 1.165) is 49.1 Å². The quantitative estimate of drug-likeness (QED) is 0.428. The van der Waals surface area contributed by atoms with Gasteiger partial charge >= 0.3 is 5.97 Å². The fourth-order valence-corrected chi connectivity index (χ4v) is 13.2. The zero-order chi connectivity index (χ0) is 26.7. The SMILES string of the molecule is COC(=O)[C@H]1[C@H](P(=O)(c2ccccc2)c2ccccc2)C[C@H]2[C@@H]3CC[C@H]4NC(=O)CC[C@]4(C)[C@H]3CC[C@@]21C. The predicted octanol–water partition coefficient (Wildman–Crippen LogP) is 5.29. The van der Waals surface area contributed by atoms with Gasteiger partial charge in [0.25, 0.3) is 0 Å². The highest BCUT2D eigenvalue weighted by Crippen LogP contribution is 2.71. The number of fused-ring (bicyclic) bond motifs is 5. The standard InChI is InChI=1S/C32H40NO4P/c1-31-19-17-28(34)33-27(31)15-14-23-24(31)16-18-32(2)25(23)20-26(29(32)30(35)37-3)38(36,21-10-6-4-7-11-21)22-12-8-5-9-13-22/h4-13,23-27,29H,14-20H2,1-3H3,(H,33,34)/t23-,24+,25+,26-,27-,29-,31-,32+/m1/s1. The van der Waals surface area contributed by atoms with E-state index < -0.39 is 13.1 Å². The van der Waals surface area contributed by atoms with Gasteiger partial charge in [0.15, 0.2) is 0 Å². The maximum atomic E-state index is 15.6. The number of piperidine rings is 1. The number of amides is 1. The number of hydrogen-bond acceptors (Lipinski definition) is 4. The van der Waals surface area contributed by atoms with Crippen molar-refractivity contribution in [1.82, 2.24) is 5.32 Å². The third-order valence-corrected chi connectivity index (χ3v) is 14.9. The molecule has 4 fully saturated rings. The number of methoxy groups -OCH3 is 1. The van der Waals surface area contributed by atoms with Gasteiger partial charge in [0.2, 0.25) is 5.91 Å². The number of benzene rings is 2. The average Bonchev–Trinajstić information content (AvgIpc) is 3.27. The number of ether oxygens (including phenoxy) is 1. The molecule has 38 heavy (non-hydrogen) atoms. The normalized spacial score (nSPS) is 38.3. The molecule has 3 aliphatic carbocycles. The lowest BCUT2D eigenvalue weighted by Crippen LogP contribution is -2.61. The van der Waals surface area contributed by atoms with Gasteiger partial charge < -0.3 is 14.6 Å². The Hall–Kier alpha value is -2.39. The van der Waals surface area contributed by atoms with Crippen molar-refractivity contribution in [3.8, 4) is 0 Å². The zero-order valence-electron chi connectivity index (χ0n) is 22.8. The van der Waals surface area contributed by atoms with Gasteiger partial charge in [0.1, 0.15) is 7.14 Å². The van der Waals surface area contributed by atoms with Crippen LogP contribution in [0.15, 0.2) is 60.7 Å². The molecule has 1 aliphatic heterocycles. The van der Waals surface area contributed by atoms with Crippen LogP contribution in [0, 0.1) is 34.5 Å². The Morgan fingerprint density at radius 3 is 2.13 bits per heavy atom. The molecule has 0 unspecified atom stereocenters. The minimum atomic E-state index is -3.17. The van der Waals surface area contributed by atoms with Crippen molar-refractivity contribution in [2.45, 2.75) is 70.5 Å². The zero-order valence-corrected chi connectivity index (χ0v) is 23.7. The number of esters is 1. The maximum Gasteiger partial charge on any atom is 0.310 e. The highest BCUT2D eigenvalue weighted by molar-refractivity contribution is 7.79. The Morgan fingerprint density at radius 1 is 0.895 bits per heavy atom. The van der Waals surface area contributed by atoms with Crippen molar-refractivity contribution >= 4 is 29.6 Å². The Labute approximate surface area is 226 Å². The summed E-state index contributed by atoms with van der Waals surface area (Å²) in [7, 11) is -1.69. The number of hydrogen-bond donors (Lipinski definition) is 1. The van der Waals surface area contributed by atoms with Gasteiger partial charge in [-0.25, -0.2) is 0 Å². The van der Waals surface area contributed by atoms with E-state index >= 15 is 4.57 Å². The van der Waals surface area contributed by atoms with Crippen molar-refractivity contribution in [1.29, 1.82) is 0 Å². The van der Waals surface area contributed by atoms with Crippen LogP contribution < -0.4 is 15.9 Å². The van der Waals surface area contributed by atoms with Gasteiger partial charge in [-0.05, 0) is 67.1 Å². The molecule has 4 aliphatic rings. The summed E-state index contributed by atoms with van der Waals surface area (Å²) in [6.45, 7) is 4.67. The Balaban J connectivity index is 1.46. The van der Waals surface area contributed by atoms with Gasteiger partial charge in [-0.3, -0.25) is 9.59 Å². The maximum absolute atomic E-state index is 15.6. The lowest BCUT2D eigenvalue weighted by molar-refractivity contribution is -0.155.